The van der Waals surface area contributed by atoms with E-state index in [9.17, 15) is 0 Å². The second-order valence-corrected chi connectivity index (χ2v) is 3.34. The Hall–Kier alpha value is -1.21. The molecular formula is C11H10ClN. The van der Waals surface area contributed by atoms with Gasteiger partial charge in [-0.15, -0.1) is 0 Å². The molecule has 0 aliphatic carbocycles. The molecule has 1 heterocycles. The van der Waals surface area contributed by atoms with Crippen LogP contribution in [0.3, 0.4) is 0 Å². The molecule has 0 saturated carbocycles. The van der Waals surface area contributed by atoms with Gasteiger partial charge in [0.1, 0.15) is 0 Å². The Kier molecular flexibility index (Phi) is 2.37. The lowest BCUT2D eigenvalue weighted by Crippen LogP contribution is -2.17. The molecule has 0 fully saturated rings. The highest BCUT2D eigenvalue weighted by Crippen LogP contribution is 2.20. The average Bonchev–Trinajstić information content (AvgIpc) is 2.19. The maximum Gasteiger partial charge on any atom is 0.0426 e. The van der Waals surface area contributed by atoms with Gasteiger partial charge >= 0.3 is 0 Å². The first kappa shape index (κ1) is 8.39. The van der Waals surface area contributed by atoms with Gasteiger partial charge in [-0.3, -0.25) is 0 Å². The van der Waals surface area contributed by atoms with Crippen molar-refractivity contribution in [2.24, 2.45) is 0 Å². The van der Waals surface area contributed by atoms with Crippen LogP contribution in [0.4, 0.5) is 5.69 Å². The van der Waals surface area contributed by atoms with Crippen LogP contribution in [0.2, 0.25) is 5.02 Å². The molecule has 0 radical (unpaired) electrons. The molecule has 0 atom stereocenters. The molecule has 0 spiro atoms. The van der Waals surface area contributed by atoms with Crippen LogP contribution in [0.1, 0.15) is 0 Å². The third-order valence-electron chi connectivity index (χ3n) is 1.96. The van der Waals surface area contributed by atoms with Crippen LogP contribution in [0.25, 0.3) is 0 Å². The lowest BCUT2D eigenvalue weighted by molar-refractivity contribution is 1.07. The molecule has 13 heavy (non-hydrogen) atoms. The number of allylic oxidation sites excluding steroid dienone is 2. The van der Waals surface area contributed by atoms with Crippen molar-refractivity contribution in [3.63, 3.8) is 0 Å². The third-order valence-corrected chi connectivity index (χ3v) is 2.19. The highest BCUT2D eigenvalue weighted by Gasteiger charge is 2.02. The molecule has 1 aliphatic heterocycles. The largest absolute Gasteiger partial charge is 0.344 e. The second kappa shape index (κ2) is 3.67. The fraction of sp³-hybridized carbons (Fsp3) is 0.0909. The summed E-state index contributed by atoms with van der Waals surface area (Å²) in [5.41, 5.74) is 1.13. The van der Waals surface area contributed by atoms with Crippen LogP contribution in [0.15, 0.2) is 48.7 Å². The standard InChI is InChI=1S/C11H10ClN/c12-10-5-4-6-11(9-10)13-7-2-1-3-8-13/h1-7,9H,8H2. The summed E-state index contributed by atoms with van der Waals surface area (Å²) >= 11 is 5.90. The van der Waals surface area contributed by atoms with Crippen LogP contribution < -0.4 is 4.90 Å². The molecule has 1 nitrogen and oxygen atoms in total. The molecule has 0 amide bonds. The minimum atomic E-state index is 0.778. The van der Waals surface area contributed by atoms with Gasteiger partial charge in [0.25, 0.3) is 0 Å². The lowest BCUT2D eigenvalue weighted by atomic mass is 10.2. The first-order valence-electron chi connectivity index (χ1n) is 4.22. The van der Waals surface area contributed by atoms with Gasteiger partial charge in [0.05, 0.1) is 0 Å². The fourth-order valence-electron chi connectivity index (χ4n) is 1.31. The smallest absolute Gasteiger partial charge is 0.0426 e. The number of benzene rings is 1. The molecule has 0 N–H and O–H groups in total. The van der Waals surface area contributed by atoms with Gasteiger partial charge in [-0.05, 0) is 24.3 Å². The number of hydrogen-bond acceptors (Lipinski definition) is 1. The van der Waals surface area contributed by atoms with Crippen LogP contribution in [-0.2, 0) is 0 Å². The number of hydrogen-bond donors (Lipinski definition) is 0. The van der Waals surface area contributed by atoms with Crippen LogP contribution in [-0.4, -0.2) is 6.54 Å². The van der Waals surface area contributed by atoms with Gasteiger partial charge in [0, 0.05) is 23.5 Å². The van der Waals surface area contributed by atoms with Crippen molar-refractivity contribution in [2.45, 2.75) is 0 Å². The molecule has 0 saturated heterocycles. The summed E-state index contributed by atoms with van der Waals surface area (Å²) in [6, 6.07) is 7.86. The molecule has 1 aromatic carbocycles. The molecule has 1 aliphatic rings. The summed E-state index contributed by atoms with van der Waals surface area (Å²) in [6.45, 7) is 0.914. The van der Waals surface area contributed by atoms with Gasteiger partial charge in [-0.1, -0.05) is 29.8 Å². The van der Waals surface area contributed by atoms with Crippen LogP contribution >= 0.6 is 11.6 Å². The molecule has 2 heteroatoms. The number of anilines is 1. The topological polar surface area (TPSA) is 3.24 Å². The Labute approximate surface area is 82.9 Å². The second-order valence-electron chi connectivity index (χ2n) is 2.90. The van der Waals surface area contributed by atoms with E-state index in [1.165, 1.54) is 0 Å². The Balaban J connectivity index is 2.25. The summed E-state index contributed by atoms with van der Waals surface area (Å²) in [6.07, 6.45) is 8.22. The molecule has 66 valence electrons. The van der Waals surface area contributed by atoms with Crippen LogP contribution in [0, 0.1) is 0 Å². The predicted molar refractivity (Wildman–Crippen MR) is 57.1 cm³/mol. The van der Waals surface area contributed by atoms with Crippen molar-refractivity contribution in [3.8, 4) is 0 Å². The monoisotopic (exact) mass is 191 g/mol. The first-order valence-corrected chi connectivity index (χ1v) is 4.59. The molecule has 0 bridgehead atoms. The Morgan fingerprint density at radius 1 is 1.23 bits per heavy atom. The molecule has 2 rings (SSSR count). The van der Waals surface area contributed by atoms with Gasteiger partial charge in [0.2, 0.25) is 0 Å². The maximum atomic E-state index is 5.90. The predicted octanol–water partition coefficient (Wildman–Crippen LogP) is 3.23. The van der Waals surface area contributed by atoms with Crippen molar-refractivity contribution in [3.05, 3.63) is 53.7 Å². The Bertz CT molecular complexity index is 355. The summed E-state index contributed by atoms with van der Waals surface area (Å²) in [7, 11) is 0. The normalized spacial score (nSPS) is 15.0. The van der Waals surface area contributed by atoms with E-state index in [0.717, 1.165) is 17.3 Å². The van der Waals surface area contributed by atoms with Crippen molar-refractivity contribution in [2.75, 3.05) is 11.4 Å². The van der Waals surface area contributed by atoms with E-state index in [4.69, 9.17) is 11.6 Å². The van der Waals surface area contributed by atoms with Crippen molar-refractivity contribution in [1.82, 2.24) is 0 Å². The van der Waals surface area contributed by atoms with E-state index in [2.05, 4.69) is 17.0 Å². The van der Waals surface area contributed by atoms with E-state index in [1.807, 2.05) is 36.6 Å². The molecular weight excluding hydrogens is 182 g/mol. The summed E-state index contributed by atoms with van der Waals surface area (Å²) in [5, 5.41) is 0.778. The molecule has 1 aromatic rings. The quantitative estimate of drug-likeness (QED) is 0.659. The van der Waals surface area contributed by atoms with Crippen molar-refractivity contribution >= 4 is 17.3 Å². The third kappa shape index (κ3) is 1.93. The Morgan fingerprint density at radius 2 is 2.15 bits per heavy atom. The SMILES string of the molecule is Clc1cccc(N2C=CC=CC2)c1. The minimum Gasteiger partial charge on any atom is -0.344 e. The highest BCUT2D eigenvalue weighted by atomic mass is 35.5. The summed E-state index contributed by atoms with van der Waals surface area (Å²) < 4.78 is 0. The number of halogens is 1. The summed E-state index contributed by atoms with van der Waals surface area (Å²) in [5.74, 6) is 0. The zero-order valence-corrected chi connectivity index (χ0v) is 7.91. The zero-order valence-electron chi connectivity index (χ0n) is 7.15. The first-order chi connectivity index (χ1) is 6.36. The molecule has 0 unspecified atom stereocenters. The van der Waals surface area contributed by atoms with Crippen LogP contribution in [0.5, 0.6) is 0 Å². The lowest BCUT2D eigenvalue weighted by Gasteiger charge is -2.20. The minimum absolute atomic E-state index is 0.778. The average molecular weight is 192 g/mol. The van der Waals surface area contributed by atoms with Crippen molar-refractivity contribution in [1.29, 1.82) is 0 Å². The fourth-order valence-corrected chi connectivity index (χ4v) is 1.50. The number of nitrogens with zero attached hydrogens (tertiary/aromatic N) is 1. The van der Waals surface area contributed by atoms with E-state index >= 15 is 0 Å². The van der Waals surface area contributed by atoms with E-state index in [0.29, 0.717) is 0 Å². The highest BCUT2D eigenvalue weighted by molar-refractivity contribution is 6.30. The number of rotatable bonds is 1. The van der Waals surface area contributed by atoms with E-state index in [1.54, 1.807) is 0 Å². The molecule has 0 aromatic heterocycles. The zero-order chi connectivity index (χ0) is 9.10. The van der Waals surface area contributed by atoms with Gasteiger partial charge in [-0.25, -0.2) is 0 Å². The van der Waals surface area contributed by atoms with Gasteiger partial charge in [-0.2, -0.15) is 0 Å². The summed E-state index contributed by atoms with van der Waals surface area (Å²) in [4.78, 5) is 2.14. The van der Waals surface area contributed by atoms with E-state index in [-0.39, 0.29) is 0 Å². The van der Waals surface area contributed by atoms with Gasteiger partial charge in [0.15, 0.2) is 0 Å². The maximum absolute atomic E-state index is 5.90. The van der Waals surface area contributed by atoms with Crippen molar-refractivity contribution < 1.29 is 0 Å². The van der Waals surface area contributed by atoms with E-state index < -0.39 is 0 Å². The Morgan fingerprint density at radius 3 is 2.85 bits per heavy atom. The van der Waals surface area contributed by atoms with Gasteiger partial charge < -0.3 is 4.90 Å².